The predicted octanol–water partition coefficient (Wildman–Crippen LogP) is 2.46. The van der Waals surface area contributed by atoms with Crippen LogP contribution in [0.1, 0.15) is 25.3 Å². The van der Waals surface area contributed by atoms with Gasteiger partial charge in [0.25, 0.3) is 0 Å². The molecule has 0 unspecified atom stereocenters. The minimum absolute atomic E-state index is 0.0212. The van der Waals surface area contributed by atoms with E-state index in [4.69, 9.17) is 0 Å². The Bertz CT molecular complexity index is 596. The quantitative estimate of drug-likeness (QED) is 0.913. The zero-order valence-corrected chi connectivity index (χ0v) is 13.2. The number of nitrogens with one attached hydrogen (secondary N) is 1. The lowest BCUT2D eigenvalue weighted by Crippen LogP contribution is -2.42. The summed E-state index contributed by atoms with van der Waals surface area (Å²) in [5.41, 5.74) is 0.254. The second-order valence-electron chi connectivity index (χ2n) is 5.65. The van der Waals surface area contributed by atoms with Crippen molar-refractivity contribution in [3.8, 4) is 5.75 Å². The maximum Gasteiger partial charge on any atom is 0.573 e. The van der Waals surface area contributed by atoms with Crippen LogP contribution in [0.4, 0.5) is 13.2 Å². The monoisotopic (exact) mass is 344 g/mol. The summed E-state index contributed by atoms with van der Waals surface area (Å²) >= 11 is 0. The lowest BCUT2D eigenvalue weighted by Gasteiger charge is -2.30. The van der Waals surface area contributed by atoms with Crippen LogP contribution >= 0.6 is 0 Å². The summed E-state index contributed by atoms with van der Waals surface area (Å²) in [5, 5.41) is 2.65. The summed E-state index contributed by atoms with van der Waals surface area (Å²) in [7, 11) is 0. The fourth-order valence-electron chi connectivity index (χ4n) is 2.66. The van der Waals surface area contributed by atoms with Gasteiger partial charge in [0.15, 0.2) is 0 Å². The molecular weight excluding hydrogens is 325 g/mol. The van der Waals surface area contributed by atoms with Gasteiger partial charge in [0.2, 0.25) is 11.8 Å². The molecule has 5 nitrogen and oxygen atoms in total. The van der Waals surface area contributed by atoms with Crippen molar-refractivity contribution >= 4 is 11.8 Å². The van der Waals surface area contributed by atoms with Gasteiger partial charge in [-0.05, 0) is 18.9 Å². The van der Waals surface area contributed by atoms with E-state index in [1.165, 1.54) is 25.1 Å². The number of carbonyl (C=O) groups is 2. The van der Waals surface area contributed by atoms with E-state index < -0.39 is 6.36 Å². The van der Waals surface area contributed by atoms with Gasteiger partial charge < -0.3 is 15.0 Å². The van der Waals surface area contributed by atoms with Crippen molar-refractivity contribution in [3.05, 3.63) is 29.8 Å². The standard InChI is InChI=1S/C16H19F3N2O3/c1-11(22)21-8-6-12(7-9-21)15(23)20-10-13-4-2-3-5-14(13)24-16(17,18)19/h2-5,12H,6-10H2,1H3,(H,20,23). The summed E-state index contributed by atoms with van der Waals surface area (Å²) in [5.74, 6) is -0.805. The van der Waals surface area contributed by atoms with E-state index in [1.807, 2.05) is 0 Å². The largest absolute Gasteiger partial charge is 0.573 e. The molecule has 0 atom stereocenters. The van der Waals surface area contributed by atoms with Crippen LogP contribution < -0.4 is 10.1 Å². The molecule has 0 aromatic heterocycles. The van der Waals surface area contributed by atoms with E-state index in [-0.39, 0.29) is 35.6 Å². The van der Waals surface area contributed by atoms with Crippen LogP contribution in [-0.4, -0.2) is 36.2 Å². The van der Waals surface area contributed by atoms with E-state index in [2.05, 4.69) is 10.1 Å². The van der Waals surface area contributed by atoms with Gasteiger partial charge in [-0.2, -0.15) is 0 Å². The second-order valence-corrected chi connectivity index (χ2v) is 5.65. The van der Waals surface area contributed by atoms with Crippen molar-refractivity contribution in [2.75, 3.05) is 13.1 Å². The smallest absolute Gasteiger partial charge is 0.405 e. The van der Waals surface area contributed by atoms with Crippen molar-refractivity contribution in [3.63, 3.8) is 0 Å². The highest BCUT2D eigenvalue weighted by atomic mass is 19.4. The first-order valence-electron chi connectivity index (χ1n) is 7.63. The molecule has 24 heavy (non-hydrogen) atoms. The number of carbonyl (C=O) groups excluding carboxylic acids is 2. The van der Waals surface area contributed by atoms with Gasteiger partial charge in [0, 0.05) is 38.0 Å². The SMILES string of the molecule is CC(=O)N1CCC(C(=O)NCc2ccccc2OC(F)(F)F)CC1. The number of para-hydroxylation sites is 1. The molecule has 132 valence electrons. The van der Waals surface area contributed by atoms with Crippen LogP contribution in [0.15, 0.2) is 24.3 Å². The summed E-state index contributed by atoms with van der Waals surface area (Å²) in [6.45, 7) is 2.47. The number of halogens is 3. The maximum absolute atomic E-state index is 12.4. The third-order valence-corrected chi connectivity index (χ3v) is 3.96. The number of nitrogens with zero attached hydrogens (tertiary/aromatic N) is 1. The highest BCUT2D eigenvalue weighted by Crippen LogP contribution is 2.26. The molecule has 1 fully saturated rings. The molecule has 1 aromatic carbocycles. The van der Waals surface area contributed by atoms with E-state index in [0.29, 0.717) is 25.9 Å². The lowest BCUT2D eigenvalue weighted by molar-refractivity contribution is -0.274. The summed E-state index contributed by atoms with van der Waals surface area (Å²) < 4.78 is 41.1. The van der Waals surface area contributed by atoms with Gasteiger partial charge in [0.1, 0.15) is 5.75 Å². The minimum atomic E-state index is -4.78. The van der Waals surface area contributed by atoms with Crippen LogP contribution in [-0.2, 0) is 16.1 Å². The van der Waals surface area contributed by atoms with Crippen molar-refractivity contribution in [2.45, 2.75) is 32.7 Å². The van der Waals surface area contributed by atoms with E-state index in [0.717, 1.165) is 0 Å². The molecule has 1 aromatic rings. The van der Waals surface area contributed by atoms with Crippen molar-refractivity contribution < 1.29 is 27.5 Å². The molecule has 1 aliphatic rings. The number of rotatable bonds is 4. The fraction of sp³-hybridized carbons (Fsp3) is 0.500. The third kappa shape index (κ3) is 5.14. The molecule has 2 rings (SSSR count). The predicted molar refractivity (Wildman–Crippen MR) is 79.9 cm³/mol. The molecule has 0 saturated carbocycles. The Labute approximate surface area is 137 Å². The van der Waals surface area contributed by atoms with Gasteiger partial charge in [-0.25, -0.2) is 0 Å². The molecule has 0 bridgehead atoms. The number of likely N-dealkylation sites (tertiary alicyclic amines) is 1. The Morgan fingerprint density at radius 3 is 2.46 bits per heavy atom. The van der Waals surface area contributed by atoms with Crippen LogP contribution in [0.3, 0.4) is 0 Å². The van der Waals surface area contributed by atoms with E-state index >= 15 is 0 Å². The van der Waals surface area contributed by atoms with Crippen LogP contribution in [0.5, 0.6) is 5.75 Å². The first-order valence-corrected chi connectivity index (χ1v) is 7.63. The van der Waals surface area contributed by atoms with Crippen LogP contribution in [0, 0.1) is 5.92 Å². The molecular formula is C16H19F3N2O3. The zero-order chi connectivity index (χ0) is 17.7. The maximum atomic E-state index is 12.4. The highest BCUT2D eigenvalue weighted by molar-refractivity contribution is 5.79. The molecule has 1 saturated heterocycles. The Morgan fingerprint density at radius 1 is 1.25 bits per heavy atom. The average Bonchev–Trinajstić information content (AvgIpc) is 2.52. The number of alkyl halides is 3. The van der Waals surface area contributed by atoms with Crippen molar-refractivity contribution in [2.24, 2.45) is 5.92 Å². The van der Waals surface area contributed by atoms with Gasteiger partial charge in [0.05, 0.1) is 0 Å². The molecule has 1 N–H and O–H groups in total. The Kier molecular flexibility index (Phi) is 5.69. The van der Waals surface area contributed by atoms with E-state index in [1.54, 1.807) is 11.0 Å². The highest BCUT2D eigenvalue weighted by Gasteiger charge is 2.32. The summed E-state index contributed by atoms with van der Waals surface area (Å²) in [4.78, 5) is 25.1. The molecule has 8 heteroatoms. The molecule has 0 spiro atoms. The van der Waals surface area contributed by atoms with Gasteiger partial charge in [-0.1, -0.05) is 18.2 Å². The number of amides is 2. The van der Waals surface area contributed by atoms with Gasteiger partial charge >= 0.3 is 6.36 Å². The lowest BCUT2D eigenvalue weighted by atomic mass is 9.96. The second kappa shape index (κ2) is 7.55. The van der Waals surface area contributed by atoms with Crippen LogP contribution in [0.25, 0.3) is 0 Å². The molecule has 2 amide bonds. The molecule has 0 radical (unpaired) electrons. The summed E-state index contributed by atoms with van der Waals surface area (Å²) in [6, 6.07) is 5.69. The first-order chi connectivity index (χ1) is 11.3. The topological polar surface area (TPSA) is 58.6 Å². The van der Waals surface area contributed by atoms with Crippen molar-refractivity contribution in [1.29, 1.82) is 0 Å². The zero-order valence-electron chi connectivity index (χ0n) is 13.2. The Morgan fingerprint density at radius 2 is 1.88 bits per heavy atom. The number of hydrogen-bond donors (Lipinski definition) is 1. The Hall–Kier alpha value is -2.25. The van der Waals surface area contributed by atoms with Gasteiger partial charge in [-0.15, -0.1) is 13.2 Å². The average molecular weight is 344 g/mol. The Balaban J connectivity index is 1.90. The minimum Gasteiger partial charge on any atom is -0.405 e. The third-order valence-electron chi connectivity index (χ3n) is 3.96. The molecule has 1 aliphatic heterocycles. The number of benzene rings is 1. The van der Waals surface area contributed by atoms with E-state index in [9.17, 15) is 22.8 Å². The number of hydrogen-bond acceptors (Lipinski definition) is 3. The molecule has 0 aliphatic carbocycles. The van der Waals surface area contributed by atoms with Crippen LogP contribution in [0.2, 0.25) is 0 Å². The van der Waals surface area contributed by atoms with Gasteiger partial charge in [-0.3, -0.25) is 9.59 Å². The summed E-state index contributed by atoms with van der Waals surface area (Å²) in [6.07, 6.45) is -3.68. The first kappa shape index (κ1) is 18.1. The normalized spacial score (nSPS) is 15.9. The number of ether oxygens (including phenoxy) is 1. The molecule has 1 heterocycles. The fourth-order valence-corrected chi connectivity index (χ4v) is 2.66. The van der Waals surface area contributed by atoms with Crippen molar-refractivity contribution in [1.82, 2.24) is 10.2 Å². The number of piperidine rings is 1.